The number of carboxylic acids is 1. The van der Waals surface area contributed by atoms with E-state index in [1.165, 1.54) is 11.1 Å². The average molecular weight is 247 g/mol. The van der Waals surface area contributed by atoms with Crippen LogP contribution in [0.25, 0.3) is 6.08 Å². The summed E-state index contributed by atoms with van der Waals surface area (Å²) in [5, 5.41) is 8.00. The van der Waals surface area contributed by atoms with Crippen LogP contribution in [0, 0.1) is 6.92 Å². The number of hydrogen-bond acceptors (Lipinski definition) is 2. The van der Waals surface area contributed by atoms with Crippen molar-refractivity contribution in [1.82, 2.24) is 0 Å². The van der Waals surface area contributed by atoms with Crippen LogP contribution in [0.3, 0.4) is 0 Å². The van der Waals surface area contributed by atoms with E-state index in [-0.39, 0.29) is 12.5 Å². The smallest absolute Gasteiger partial charge is 0.304 e. The third-order valence-electron chi connectivity index (χ3n) is 2.10. The Morgan fingerprint density at radius 3 is 2.50 bits per heavy atom. The van der Waals surface area contributed by atoms with Gasteiger partial charge in [0.25, 0.3) is 0 Å². The standard InChI is InChI=1S/C11H12.C4H9NO2/c1-3-4-8-11-9-6-5-7-10(11)2;1-3(5)2-4(6)7/h3-9H,1H2,2H3;3H,2,5H2,1H3,(H,6,7)/b8-4-;. The molecule has 1 unspecified atom stereocenters. The summed E-state index contributed by atoms with van der Waals surface area (Å²) in [6.45, 7) is 7.38. The monoisotopic (exact) mass is 247 g/mol. The lowest BCUT2D eigenvalue weighted by Gasteiger charge is -1.96. The summed E-state index contributed by atoms with van der Waals surface area (Å²) in [5.74, 6) is -0.838. The first kappa shape index (κ1) is 16.1. The molecule has 1 aromatic rings. The normalized spacial score (nSPS) is 11.5. The maximum atomic E-state index is 9.73. The van der Waals surface area contributed by atoms with Gasteiger partial charge in [0.15, 0.2) is 0 Å². The maximum Gasteiger partial charge on any atom is 0.304 e. The van der Waals surface area contributed by atoms with Gasteiger partial charge in [0.1, 0.15) is 0 Å². The summed E-state index contributed by atoms with van der Waals surface area (Å²) < 4.78 is 0. The van der Waals surface area contributed by atoms with Crippen molar-refractivity contribution < 1.29 is 9.90 Å². The largest absolute Gasteiger partial charge is 0.481 e. The predicted molar refractivity (Wildman–Crippen MR) is 76.3 cm³/mol. The van der Waals surface area contributed by atoms with Gasteiger partial charge < -0.3 is 10.8 Å². The van der Waals surface area contributed by atoms with Crippen LogP contribution < -0.4 is 5.73 Å². The fourth-order valence-corrected chi connectivity index (χ4v) is 1.22. The van der Waals surface area contributed by atoms with E-state index in [0.29, 0.717) is 0 Å². The minimum Gasteiger partial charge on any atom is -0.481 e. The minimum absolute atomic E-state index is 0.0556. The van der Waals surface area contributed by atoms with Crippen molar-refractivity contribution in [3.63, 3.8) is 0 Å². The number of nitrogens with two attached hydrogens (primary N) is 1. The van der Waals surface area contributed by atoms with E-state index in [4.69, 9.17) is 10.8 Å². The van der Waals surface area contributed by atoms with Gasteiger partial charge in [0, 0.05) is 6.04 Å². The molecule has 18 heavy (non-hydrogen) atoms. The average Bonchev–Trinajstić information content (AvgIpc) is 2.27. The SMILES string of the molecule is C=C/C=C\c1ccccc1C.CC(N)CC(=O)O. The van der Waals surface area contributed by atoms with Gasteiger partial charge in [-0.25, -0.2) is 0 Å². The third-order valence-corrected chi connectivity index (χ3v) is 2.10. The number of aliphatic carboxylic acids is 1. The molecule has 0 heterocycles. The summed E-state index contributed by atoms with van der Waals surface area (Å²) in [7, 11) is 0. The van der Waals surface area contributed by atoms with Crippen molar-refractivity contribution >= 4 is 12.0 Å². The molecule has 0 fully saturated rings. The van der Waals surface area contributed by atoms with E-state index in [1.807, 2.05) is 18.2 Å². The summed E-state index contributed by atoms with van der Waals surface area (Å²) in [5.41, 5.74) is 7.67. The zero-order valence-corrected chi connectivity index (χ0v) is 11.0. The second-order valence-corrected chi connectivity index (χ2v) is 4.03. The Balaban J connectivity index is 0.000000360. The van der Waals surface area contributed by atoms with Crippen LogP contribution >= 0.6 is 0 Å². The number of allylic oxidation sites excluding steroid dienone is 2. The lowest BCUT2D eigenvalue weighted by molar-refractivity contribution is -0.137. The lowest BCUT2D eigenvalue weighted by atomic mass is 10.1. The molecular weight excluding hydrogens is 226 g/mol. The van der Waals surface area contributed by atoms with Crippen LogP contribution in [0.4, 0.5) is 0 Å². The Labute approximate surface area is 109 Å². The molecular formula is C15H21NO2. The topological polar surface area (TPSA) is 63.3 Å². The summed E-state index contributed by atoms with van der Waals surface area (Å²) in [4.78, 5) is 9.73. The Morgan fingerprint density at radius 1 is 1.50 bits per heavy atom. The van der Waals surface area contributed by atoms with Crippen molar-refractivity contribution in [2.45, 2.75) is 26.3 Å². The fraction of sp³-hybridized carbons (Fsp3) is 0.267. The molecule has 3 nitrogen and oxygen atoms in total. The highest BCUT2D eigenvalue weighted by atomic mass is 16.4. The first-order valence-corrected chi connectivity index (χ1v) is 5.79. The highest BCUT2D eigenvalue weighted by molar-refractivity contribution is 5.67. The third kappa shape index (κ3) is 8.30. The van der Waals surface area contributed by atoms with E-state index in [1.54, 1.807) is 13.0 Å². The molecule has 0 aliphatic carbocycles. The van der Waals surface area contributed by atoms with Crippen LogP contribution in [0.2, 0.25) is 0 Å². The molecule has 0 saturated heterocycles. The highest BCUT2D eigenvalue weighted by Crippen LogP contribution is 2.08. The molecule has 0 aromatic heterocycles. The van der Waals surface area contributed by atoms with E-state index >= 15 is 0 Å². The molecule has 3 heteroatoms. The minimum atomic E-state index is -0.838. The molecule has 0 aliphatic heterocycles. The second-order valence-electron chi connectivity index (χ2n) is 4.03. The molecule has 0 aliphatic rings. The molecule has 98 valence electrons. The van der Waals surface area contributed by atoms with Crippen molar-refractivity contribution in [3.8, 4) is 0 Å². The Hall–Kier alpha value is -1.87. The van der Waals surface area contributed by atoms with Crippen molar-refractivity contribution in [2.75, 3.05) is 0 Å². The van der Waals surface area contributed by atoms with E-state index < -0.39 is 5.97 Å². The molecule has 0 saturated carbocycles. The molecule has 1 atom stereocenters. The summed E-state index contributed by atoms with van der Waals surface area (Å²) in [6.07, 6.45) is 5.84. The van der Waals surface area contributed by atoms with Gasteiger partial charge in [0.2, 0.25) is 0 Å². The van der Waals surface area contributed by atoms with Gasteiger partial charge in [-0.1, -0.05) is 49.1 Å². The van der Waals surface area contributed by atoms with Crippen LogP contribution in [-0.2, 0) is 4.79 Å². The van der Waals surface area contributed by atoms with Crippen molar-refractivity contribution in [1.29, 1.82) is 0 Å². The molecule has 0 spiro atoms. The highest BCUT2D eigenvalue weighted by Gasteiger charge is 1.98. The van der Waals surface area contributed by atoms with E-state index in [0.717, 1.165) is 0 Å². The maximum absolute atomic E-state index is 9.73. The molecule has 3 N–H and O–H groups in total. The Bertz CT molecular complexity index is 409. The Kier molecular flexibility index (Phi) is 8.24. The van der Waals surface area contributed by atoms with E-state index in [2.05, 4.69) is 31.7 Å². The van der Waals surface area contributed by atoms with Crippen LogP contribution in [0.5, 0.6) is 0 Å². The zero-order chi connectivity index (χ0) is 14.0. The van der Waals surface area contributed by atoms with Gasteiger partial charge in [-0.15, -0.1) is 0 Å². The van der Waals surface area contributed by atoms with Crippen molar-refractivity contribution in [3.05, 3.63) is 54.1 Å². The van der Waals surface area contributed by atoms with E-state index in [9.17, 15) is 4.79 Å². The van der Waals surface area contributed by atoms with Gasteiger partial charge in [-0.3, -0.25) is 4.79 Å². The molecule has 1 aromatic carbocycles. The Morgan fingerprint density at radius 2 is 2.11 bits per heavy atom. The molecule has 0 radical (unpaired) electrons. The molecule has 1 rings (SSSR count). The lowest BCUT2D eigenvalue weighted by Crippen LogP contribution is -2.18. The first-order valence-electron chi connectivity index (χ1n) is 5.79. The number of benzene rings is 1. The zero-order valence-electron chi connectivity index (χ0n) is 11.0. The van der Waals surface area contributed by atoms with Crippen LogP contribution in [-0.4, -0.2) is 17.1 Å². The van der Waals surface area contributed by atoms with Gasteiger partial charge >= 0.3 is 5.97 Å². The van der Waals surface area contributed by atoms with Gasteiger partial charge in [0.05, 0.1) is 6.42 Å². The number of rotatable bonds is 4. The molecule has 0 amide bonds. The van der Waals surface area contributed by atoms with Crippen molar-refractivity contribution in [2.24, 2.45) is 5.73 Å². The van der Waals surface area contributed by atoms with Crippen LogP contribution in [0.15, 0.2) is 43.0 Å². The quantitative estimate of drug-likeness (QED) is 0.804. The molecule has 0 bridgehead atoms. The number of aryl methyl sites for hydroxylation is 1. The number of hydrogen-bond donors (Lipinski definition) is 2. The summed E-state index contributed by atoms with van der Waals surface area (Å²) in [6, 6.07) is 8.05. The van der Waals surface area contributed by atoms with Crippen LogP contribution in [0.1, 0.15) is 24.5 Å². The first-order chi connectivity index (χ1) is 8.47. The predicted octanol–water partition coefficient (Wildman–Crippen LogP) is 3.00. The second kappa shape index (κ2) is 9.19. The summed E-state index contributed by atoms with van der Waals surface area (Å²) >= 11 is 0. The van der Waals surface area contributed by atoms with Gasteiger partial charge in [-0.2, -0.15) is 0 Å². The number of carboxylic acid groups (broad SMARTS) is 1. The fourth-order valence-electron chi connectivity index (χ4n) is 1.22. The number of carbonyl (C=O) groups is 1. The van der Waals surface area contributed by atoms with Gasteiger partial charge in [-0.05, 0) is 25.0 Å².